The highest BCUT2D eigenvalue weighted by atomic mass is 79.9. The predicted octanol–water partition coefficient (Wildman–Crippen LogP) is 2.81. The van der Waals surface area contributed by atoms with Gasteiger partial charge in [0.05, 0.1) is 16.8 Å². The fraction of sp³-hybridized carbons (Fsp3) is 0.417. The van der Waals surface area contributed by atoms with Crippen molar-refractivity contribution >= 4 is 33.6 Å². The number of amides is 1. The standard InChI is InChI=1S/C12H13BrFNO2S/c1-17-5-4-15-11(16)7-18-12(15)8-2-3-10(14)9(13)6-8/h2-3,6,12H,4-5,7H2,1H3. The Hall–Kier alpha value is -0.590. The molecule has 18 heavy (non-hydrogen) atoms. The molecule has 1 amide bonds. The number of nitrogens with zero attached hydrogens (tertiary/aromatic N) is 1. The summed E-state index contributed by atoms with van der Waals surface area (Å²) in [6.07, 6.45) is 0. The number of halogens is 2. The zero-order valence-electron chi connectivity index (χ0n) is 9.86. The Kier molecular flexibility index (Phi) is 4.64. The zero-order valence-corrected chi connectivity index (χ0v) is 12.3. The molecule has 0 N–H and O–H groups in total. The van der Waals surface area contributed by atoms with Crippen LogP contribution in [-0.4, -0.2) is 36.8 Å². The smallest absolute Gasteiger partial charge is 0.233 e. The first-order valence-electron chi connectivity index (χ1n) is 5.48. The van der Waals surface area contributed by atoms with Gasteiger partial charge in [-0.1, -0.05) is 6.07 Å². The molecule has 6 heteroatoms. The molecule has 0 saturated carbocycles. The Labute approximate surface area is 118 Å². The van der Waals surface area contributed by atoms with Gasteiger partial charge in [0.15, 0.2) is 0 Å². The molecule has 0 aromatic heterocycles. The number of ether oxygens (including phenoxy) is 1. The highest BCUT2D eigenvalue weighted by Gasteiger charge is 2.32. The molecule has 2 rings (SSSR count). The van der Waals surface area contributed by atoms with E-state index in [1.807, 2.05) is 0 Å². The minimum Gasteiger partial charge on any atom is -0.383 e. The van der Waals surface area contributed by atoms with Crippen LogP contribution >= 0.6 is 27.7 Å². The van der Waals surface area contributed by atoms with Crippen LogP contribution in [0.5, 0.6) is 0 Å². The predicted molar refractivity (Wildman–Crippen MR) is 72.9 cm³/mol. The molecule has 1 unspecified atom stereocenters. The van der Waals surface area contributed by atoms with Gasteiger partial charge in [0.25, 0.3) is 0 Å². The molecule has 1 atom stereocenters. The van der Waals surface area contributed by atoms with Crippen molar-refractivity contribution in [3.8, 4) is 0 Å². The van der Waals surface area contributed by atoms with Gasteiger partial charge >= 0.3 is 0 Å². The minimum absolute atomic E-state index is 0.0513. The second-order valence-electron chi connectivity index (χ2n) is 3.92. The van der Waals surface area contributed by atoms with Gasteiger partial charge in [-0.15, -0.1) is 11.8 Å². The molecule has 1 aromatic carbocycles. The highest BCUT2D eigenvalue weighted by molar-refractivity contribution is 9.10. The van der Waals surface area contributed by atoms with Crippen LogP contribution in [0.3, 0.4) is 0 Å². The van der Waals surface area contributed by atoms with E-state index in [9.17, 15) is 9.18 Å². The van der Waals surface area contributed by atoms with Gasteiger partial charge in [-0.2, -0.15) is 0 Å². The van der Waals surface area contributed by atoms with Gasteiger partial charge in [-0.3, -0.25) is 4.79 Å². The Morgan fingerprint density at radius 2 is 2.39 bits per heavy atom. The van der Waals surface area contributed by atoms with Crippen LogP contribution in [0.4, 0.5) is 4.39 Å². The summed E-state index contributed by atoms with van der Waals surface area (Å²) in [7, 11) is 1.61. The molecule has 0 spiro atoms. The molecule has 3 nitrogen and oxygen atoms in total. The summed E-state index contributed by atoms with van der Waals surface area (Å²) in [4.78, 5) is 13.6. The molecule has 1 aliphatic rings. The summed E-state index contributed by atoms with van der Waals surface area (Å²) in [5.74, 6) is 0.266. The van der Waals surface area contributed by atoms with Gasteiger partial charge in [0, 0.05) is 13.7 Å². The lowest BCUT2D eigenvalue weighted by atomic mass is 10.2. The van der Waals surface area contributed by atoms with Gasteiger partial charge < -0.3 is 9.64 Å². The van der Waals surface area contributed by atoms with Crippen LogP contribution in [0.1, 0.15) is 10.9 Å². The van der Waals surface area contributed by atoms with Crippen molar-refractivity contribution in [2.45, 2.75) is 5.37 Å². The minimum atomic E-state index is -0.295. The number of benzene rings is 1. The lowest BCUT2D eigenvalue weighted by Crippen LogP contribution is -2.31. The number of thioether (sulfide) groups is 1. The molecule has 0 bridgehead atoms. The summed E-state index contributed by atoms with van der Waals surface area (Å²) < 4.78 is 18.6. The molecule has 1 aromatic rings. The zero-order chi connectivity index (χ0) is 13.1. The van der Waals surface area contributed by atoms with E-state index in [4.69, 9.17) is 4.74 Å². The summed E-state index contributed by atoms with van der Waals surface area (Å²) >= 11 is 4.72. The Bertz CT molecular complexity index is 458. The topological polar surface area (TPSA) is 29.5 Å². The molecule has 0 aliphatic carbocycles. The Morgan fingerprint density at radius 1 is 1.61 bits per heavy atom. The van der Waals surface area contributed by atoms with Crippen molar-refractivity contribution in [1.29, 1.82) is 0 Å². The second-order valence-corrected chi connectivity index (χ2v) is 5.84. The van der Waals surface area contributed by atoms with E-state index in [1.54, 1.807) is 35.9 Å². The van der Waals surface area contributed by atoms with E-state index in [-0.39, 0.29) is 17.1 Å². The maximum Gasteiger partial charge on any atom is 0.233 e. The van der Waals surface area contributed by atoms with Crippen LogP contribution in [0.25, 0.3) is 0 Å². The average molecular weight is 334 g/mol. The van der Waals surface area contributed by atoms with Crippen molar-refractivity contribution in [2.75, 3.05) is 26.0 Å². The molecule has 1 heterocycles. The maximum absolute atomic E-state index is 13.2. The monoisotopic (exact) mass is 333 g/mol. The third-order valence-electron chi connectivity index (χ3n) is 2.73. The maximum atomic E-state index is 13.2. The van der Waals surface area contributed by atoms with E-state index in [2.05, 4.69) is 15.9 Å². The van der Waals surface area contributed by atoms with Gasteiger partial charge in [-0.25, -0.2) is 4.39 Å². The highest BCUT2D eigenvalue weighted by Crippen LogP contribution is 2.39. The van der Waals surface area contributed by atoms with Crippen molar-refractivity contribution in [2.24, 2.45) is 0 Å². The van der Waals surface area contributed by atoms with Gasteiger partial charge in [0.2, 0.25) is 5.91 Å². The van der Waals surface area contributed by atoms with E-state index >= 15 is 0 Å². The first-order valence-corrected chi connectivity index (χ1v) is 7.32. The quantitative estimate of drug-likeness (QED) is 0.848. The molecular formula is C12H13BrFNO2S. The van der Waals surface area contributed by atoms with E-state index < -0.39 is 0 Å². The third-order valence-corrected chi connectivity index (χ3v) is 4.60. The SMILES string of the molecule is COCCN1C(=O)CSC1c1ccc(F)c(Br)c1. The van der Waals surface area contributed by atoms with Gasteiger partial charge in [0.1, 0.15) is 11.2 Å². The normalized spacial score (nSPS) is 19.6. The summed E-state index contributed by atoms with van der Waals surface area (Å²) in [5.41, 5.74) is 0.926. The number of hydrogen-bond donors (Lipinski definition) is 0. The molecular weight excluding hydrogens is 321 g/mol. The number of rotatable bonds is 4. The fourth-order valence-electron chi connectivity index (χ4n) is 1.83. The van der Waals surface area contributed by atoms with Crippen LogP contribution in [-0.2, 0) is 9.53 Å². The van der Waals surface area contributed by atoms with Crippen molar-refractivity contribution in [3.05, 3.63) is 34.1 Å². The second kappa shape index (κ2) is 6.04. The molecule has 98 valence electrons. The van der Waals surface area contributed by atoms with Crippen LogP contribution in [0.2, 0.25) is 0 Å². The lowest BCUT2D eigenvalue weighted by Gasteiger charge is -2.24. The molecule has 1 aliphatic heterocycles. The number of carbonyl (C=O) groups is 1. The van der Waals surface area contributed by atoms with Crippen LogP contribution < -0.4 is 0 Å². The molecule has 0 radical (unpaired) electrons. The summed E-state index contributed by atoms with van der Waals surface area (Å²) in [6, 6.07) is 4.86. The Balaban J connectivity index is 2.19. The van der Waals surface area contributed by atoms with E-state index in [0.29, 0.717) is 23.4 Å². The van der Waals surface area contributed by atoms with Crippen LogP contribution in [0.15, 0.2) is 22.7 Å². The number of methoxy groups -OCH3 is 1. The van der Waals surface area contributed by atoms with E-state index in [0.717, 1.165) is 5.56 Å². The largest absolute Gasteiger partial charge is 0.383 e. The van der Waals surface area contributed by atoms with Crippen molar-refractivity contribution in [1.82, 2.24) is 4.90 Å². The van der Waals surface area contributed by atoms with Crippen molar-refractivity contribution in [3.63, 3.8) is 0 Å². The van der Waals surface area contributed by atoms with Crippen molar-refractivity contribution < 1.29 is 13.9 Å². The van der Waals surface area contributed by atoms with Crippen LogP contribution in [0, 0.1) is 5.82 Å². The van der Waals surface area contributed by atoms with E-state index in [1.165, 1.54) is 6.07 Å². The molecule has 1 saturated heterocycles. The first kappa shape index (κ1) is 13.8. The summed E-state index contributed by atoms with van der Waals surface area (Å²) in [5, 5.41) is -0.0513. The Morgan fingerprint density at radius 3 is 3.06 bits per heavy atom. The average Bonchev–Trinajstić information content (AvgIpc) is 2.72. The lowest BCUT2D eigenvalue weighted by molar-refractivity contribution is -0.128. The number of carbonyl (C=O) groups excluding carboxylic acids is 1. The third kappa shape index (κ3) is 2.87. The first-order chi connectivity index (χ1) is 8.63. The van der Waals surface area contributed by atoms with Gasteiger partial charge in [-0.05, 0) is 33.6 Å². The molecule has 1 fully saturated rings. The summed E-state index contributed by atoms with van der Waals surface area (Å²) in [6.45, 7) is 1.06. The fourth-order valence-corrected chi connectivity index (χ4v) is 3.43. The number of hydrogen-bond acceptors (Lipinski definition) is 3.